The lowest BCUT2D eigenvalue weighted by Crippen LogP contribution is -2.48. The van der Waals surface area contributed by atoms with Crippen molar-refractivity contribution in [2.75, 3.05) is 11.9 Å². The van der Waals surface area contributed by atoms with Gasteiger partial charge in [0.05, 0.1) is 6.04 Å². The predicted octanol–water partition coefficient (Wildman–Crippen LogP) is 1.11. The third kappa shape index (κ3) is 3.71. The van der Waals surface area contributed by atoms with E-state index in [1.165, 1.54) is 0 Å². The molecule has 0 saturated carbocycles. The maximum absolute atomic E-state index is 11.7. The first-order chi connectivity index (χ1) is 9.56. The maximum atomic E-state index is 11.7. The molecule has 2 atom stereocenters. The summed E-state index contributed by atoms with van der Waals surface area (Å²) < 4.78 is 0. The first-order valence-corrected chi connectivity index (χ1v) is 6.76. The summed E-state index contributed by atoms with van der Waals surface area (Å²) in [4.78, 5) is 22.4. The van der Waals surface area contributed by atoms with E-state index in [4.69, 9.17) is 5.73 Å². The number of rotatable bonds is 4. The van der Waals surface area contributed by atoms with Gasteiger partial charge < -0.3 is 16.4 Å². The molecule has 108 valence electrons. The van der Waals surface area contributed by atoms with Crippen LogP contribution in [0.3, 0.4) is 0 Å². The Morgan fingerprint density at radius 1 is 1.40 bits per heavy atom. The number of anilines is 1. The zero-order valence-electron chi connectivity index (χ0n) is 11.5. The fraction of sp³-hybridized carbons (Fsp3) is 0.429. The Bertz CT molecular complexity index is 486. The van der Waals surface area contributed by atoms with Crippen LogP contribution in [0.4, 0.5) is 10.5 Å². The minimum Gasteiger partial charge on any atom is -0.355 e. The number of primary amides is 1. The van der Waals surface area contributed by atoms with E-state index in [1.807, 2.05) is 19.1 Å². The summed E-state index contributed by atoms with van der Waals surface area (Å²) in [5.41, 5.74) is 6.76. The second-order valence-corrected chi connectivity index (χ2v) is 4.99. The SMILES string of the molecule is CC(NC1CCCNC1=O)c1ccc(NC(N)=O)cc1. The largest absolute Gasteiger partial charge is 0.355 e. The summed E-state index contributed by atoms with van der Waals surface area (Å²) in [5, 5.41) is 8.69. The molecule has 1 aromatic carbocycles. The van der Waals surface area contributed by atoms with Crippen LogP contribution in [0.1, 0.15) is 31.4 Å². The van der Waals surface area contributed by atoms with E-state index >= 15 is 0 Å². The van der Waals surface area contributed by atoms with E-state index in [-0.39, 0.29) is 18.0 Å². The van der Waals surface area contributed by atoms with Crippen molar-refractivity contribution in [1.29, 1.82) is 0 Å². The highest BCUT2D eigenvalue weighted by Gasteiger charge is 2.23. The number of carbonyl (C=O) groups is 2. The van der Waals surface area contributed by atoms with Crippen LogP contribution in [-0.4, -0.2) is 24.5 Å². The second-order valence-electron chi connectivity index (χ2n) is 4.99. The van der Waals surface area contributed by atoms with Crippen LogP contribution in [0.15, 0.2) is 24.3 Å². The van der Waals surface area contributed by atoms with Crippen LogP contribution < -0.4 is 21.7 Å². The summed E-state index contributed by atoms with van der Waals surface area (Å²) in [5.74, 6) is 0.0649. The van der Waals surface area contributed by atoms with E-state index in [0.29, 0.717) is 5.69 Å². The van der Waals surface area contributed by atoms with Crippen LogP contribution in [0.25, 0.3) is 0 Å². The molecule has 20 heavy (non-hydrogen) atoms. The van der Waals surface area contributed by atoms with Gasteiger partial charge in [0.2, 0.25) is 5.91 Å². The third-order valence-electron chi connectivity index (χ3n) is 3.41. The zero-order chi connectivity index (χ0) is 14.5. The number of nitrogens with two attached hydrogens (primary N) is 1. The van der Waals surface area contributed by atoms with Crippen molar-refractivity contribution in [1.82, 2.24) is 10.6 Å². The van der Waals surface area contributed by atoms with Gasteiger partial charge in [-0.2, -0.15) is 0 Å². The molecule has 6 heteroatoms. The highest BCUT2D eigenvalue weighted by Crippen LogP contribution is 2.18. The average Bonchev–Trinajstić information content (AvgIpc) is 2.41. The van der Waals surface area contributed by atoms with Gasteiger partial charge in [-0.05, 0) is 37.5 Å². The summed E-state index contributed by atoms with van der Waals surface area (Å²) in [7, 11) is 0. The molecule has 0 radical (unpaired) electrons. The monoisotopic (exact) mass is 276 g/mol. The normalized spacial score (nSPS) is 20.1. The molecule has 1 fully saturated rings. The molecule has 2 unspecified atom stereocenters. The molecular formula is C14H20N4O2. The highest BCUT2D eigenvalue weighted by atomic mass is 16.2. The van der Waals surface area contributed by atoms with Gasteiger partial charge in [0.1, 0.15) is 0 Å². The fourth-order valence-corrected chi connectivity index (χ4v) is 2.33. The lowest BCUT2D eigenvalue weighted by molar-refractivity contribution is -0.124. The van der Waals surface area contributed by atoms with Crippen molar-refractivity contribution in [3.05, 3.63) is 29.8 Å². The smallest absolute Gasteiger partial charge is 0.316 e. The lowest BCUT2D eigenvalue weighted by Gasteiger charge is -2.26. The molecule has 0 aliphatic carbocycles. The standard InChI is InChI=1S/C14H20N4O2/c1-9(17-12-3-2-8-16-13(12)19)10-4-6-11(7-5-10)18-14(15)20/h4-7,9,12,17H,2-3,8H2,1H3,(H,16,19)(H3,15,18,20). The fourth-order valence-electron chi connectivity index (χ4n) is 2.33. The Morgan fingerprint density at radius 2 is 2.10 bits per heavy atom. The van der Waals surface area contributed by atoms with Crippen LogP contribution in [0.5, 0.6) is 0 Å². The summed E-state index contributed by atoms with van der Waals surface area (Å²) in [6.45, 7) is 2.78. The van der Waals surface area contributed by atoms with Crippen molar-refractivity contribution in [2.45, 2.75) is 31.8 Å². The summed E-state index contributed by atoms with van der Waals surface area (Å²) in [6.07, 6.45) is 1.86. The minimum absolute atomic E-state index is 0.0616. The highest BCUT2D eigenvalue weighted by molar-refractivity contribution is 5.87. The summed E-state index contributed by atoms with van der Waals surface area (Å²) >= 11 is 0. The molecule has 0 bridgehead atoms. The van der Waals surface area contributed by atoms with Gasteiger partial charge in [0.15, 0.2) is 0 Å². The number of piperidine rings is 1. The van der Waals surface area contributed by atoms with Gasteiger partial charge in [-0.3, -0.25) is 10.1 Å². The molecule has 1 aliphatic rings. The Kier molecular flexibility index (Phi) is 4.57. The van der Waals surface area contributed by atoms with Crippen molar-refractivity contribution in [3.8, 4) is 0 Å². The lowest BCUT2D eigenvalue weighted by atomic mass is 10.0. The topological polar surface area (TPSA) is 96.2 Å². The molecular weight excluding hydrogens is 256 g/mol. The van der Waals surface area contributed by atoms with Crippen molar-refractivity contribution in [2.24, 2.45) is 5.73 Å². The average molecular weight is 276 g/mol. The number of hydrogen-bond acceptors (Lipinski definition) is 3. The van der Waals surface area contributed by atoms with E-state index < -0.39 is 6.03 Å². The second kappa shape index (κ2) is 6.38. The van der Waals surface area contributed by atoms with E-state index in [9.17, 15) is 9.59 Å². The van der Waals surface area contributed by atoms with Crippen LogP contribution >= 0.6 is 0 Å². The molecule has 5 N–H and O–H groups in total. The van der Waals surface area contributed by atoms with Crippen molar-refractivity contribution < 1.29 is 9.59 Å². The molecule has 0 spiro atoms. The number of carbonyl (C=O) groups excluding carboxylic acids is 2. The Labute approximate surface area is 118 Å². The van der Waals surface area contributed by atoms with E-state index in [0.717, 1.165) is 24.9 Å². The van der Waals surface area contributed by atoms with Crippen LogP contribution in [0, 0.1) is 0 Å². The van der Waals surface area contributed by atoms with E-state index in [1.54, 1.807) is 12.1 Å². The maximum Gasteiger partial charge on any atom is 0.316 e. The first kappa shape index (κ1) is 14.3. The Balaban J connectivity index is 1.96. The number of hydrogen-bond donors (Lipinski definition) is 4. The Morgan fingerprint density at radius 3 is 2.70 bits per heavy atom. The number of nitrogens with one attached hydrogen (secondary N) is 3. The van der Waals surface area contributed by atoms with E-state index in [2.05, 4.69) is 16.0 Å². The van der Waals surface area contributed by atoms with Crippen molar-refractivity contribution in [3.63, 3.8) is 0 Å². The molecule has 1 aliphatic heterocycles. The van der Waals surface area contributed by atoms with Crippen molar-refractivity contribution >= 4 is 17.6 Å². The van der Waals surface area contributed by atoms with Gasteiger partial charge >= 0.3 is 6.03 Å². The first-order valence-electron chi connectivity index (χ1n) is 6.76. The molecule has 6 nitrogen and oxygen atoms in total. The molecule has 1 aromatic rings. The summed E-state index contributed by atoms with van der Waals surface area (Å²) in [6, 6.07) is 6.74. The zero-order valence-corrected chi connectivity index (χ0v) is 11.5. The number of benzene rings is 1. The molecule has 3 amide bonds. The van der Waals surface area contributed by atoms with Gasteiger partial charge in [-0.25, -0.2) is 4.79 Å². The molecule has 2 rings (SSSR count). The van der Waals surface area contributed by atoms with Crippen LogP contribution in [-0.2, 0) is 4.79 Å². The van der Waals surface area contributed by atoms with Gasteiger partial charge in [0, 0.05) is 18.3 Å². The molecule has 1 heterocycles. The van der Waals surface area contributed by atoms with Gasteiger partial charge in [0.25, 0.3) is 0 Å². The predicted molar refractivity (Wildman–Crippen MR) is 77.2 cm³/mol. The Hall–Kier alpha value is -2.08. The number of urea groups is 1. The number of amides is 3. The van der Waals surface area contributed by atoms with Crippen LogP contribution in [0.2, 0.25) is 0 Å². The van der Waals surface area contributed by atoms with Gasteiger partial charge in [-0.15, -0.1) is 0 Å². The quantitative estimate of drug-likeness (QED) is 0.663. The van der Waals surface area contributed by atoms with Gasteiger partial charge in [-0.1, -0.05) is 12.1 Å². The molecule has 1 saturated heterocycles. The minimum atomic E-state index is -0.581. The third-order valence-corrected chi connectivity index (χ3v) is 3.41. The molecule has 0 aromatic heterocycles.